The molecule has 0 spiro atoms. The number of halogens is 2. The number of rotatable bonds is 3. The Bertz CT molecular complexity index is 614. The number of anilines is 1. The second-order valence-corrected chi connectivity index (χ2v) is 5.58. The molecule has 100 valence electrons. The highest BCUT2D eigenvalue weighted by molar-refractivity contribution is 9.10. The SMILES string of the molecule is CCNc1nc(-c2cc(Br)ccc2Cl)nc(C)c1C. The Morgan fingerprint density at radius 1 is 1.26 bits per heavy atom. The summed E-state index contributed by atoms with van der Waals surface area (Å²) in [6.07, 6.45) is 0. The maximum atomic E-state index is 6.23. The molecule has 19 heavy (non-hydrogen) atoms. The predicted molar refractivity (Wildman–Crippen MR) is 83.8 cm³/mol. The Morgan fingerprint density at radius 3 is 2.68 bits per heavy atom. The molecule has 1 heterocycles. The van der Waals surface area contributed by atoms with Gasteiger partial charge in [-0.15, -0.1) is 0 Å². The first-order valence-electron chi connectivity index (χ1n) is 6.07. The fourth-order valence-corrected chi connectivity index (χ4v) is 2.32. The van der Waals surface area contributed by atoms with Gasteiger partial charge in [0.25, 0.3) is 0 Å². The van der Waals surface area contributed by atoms with Crippen molar-refractivity contribution < 1.29 is 0 Å². The lowest BCUT2D eigenvalue weighted by molar-refractivity contribution is 1.05. The van der Waals surface area contributed by atoms with E-state index in [9.17, 15) is 0 Å². The van der Waals surface area contributed by atoms with Crippen LogP contribution in [0.15, 0.2) is 22.7 Å². The quantitative estimate of drug-likeness (QED) is 0.886. The summed E-state index contributed by atoms with van der Waals surface area (Å²) >= 11 is 9.68. The molecule has 0 atom stereocenters. The number of nitrogens with one attached hydrogen (secondary N) is 1. The minimum Gasteiger partial charge on any atom is -0.370 e. The summed E-state index contributed by atoms with van der Waals surface area (Å²) in [6.45, 7) is 6.86. The third-order valence-corrected chi connectivity index (χ3v) is 3.73. The third kappa shape index (κ3) is 3.07. The van der Waals surface area contributed by atoms with E-state index < -0.39 is 0 Å². The molecular formula is C14H15BrClN3. The normalized spacial score (nSPS) is 10.6. The van der Waals surface area contributed by atoms with Gasteiger partial charge in [-0.2, -0.15) is 0 Å². The summed E-state index contributed by atoms with van der Waals surface area (Å²) in [5.74, 6) is 1.51. The standard InChI is InChI=1S/C14H15BrClN3/c1-4-17-13-8(2)9(3)18-14(19-13)11-7-10(15)5-6-12(11)16/h5-7H,4H2,1-3H3,(H,17,18,19). The molecule has 0 fully saturated rings. The first kappa shape index (κ1) is 14.3. The molecule has 2 rings (SSSR count). The lowest BCUT2D eigenvalue weighted by Crippen LogP contribution is -2.06. The molecule has 1 aromatic carbocycles. The molecule has 0 amide bonds. The lowest BCUT2D eigenvalue weighted by Gasteiger charge is -2.12. The summed E-state index contributed by atoms with van der Waals surface area (Å²) in [5.41, 5.74) is 2.85. The van der Waals surface area contributed by atoms with Crippen molar-refractivity contribution in [2.45, 2.75) is 20.8 Å². The largest absolute Gasteiger partial charge is 0.370 e. The summed E-state index contributed by atoms with van der Waals surface area (Å²) in [5, 5.41) is 3.90. The molecule has 1 N–H and O–H groups in total. The van der Waals surface area contributed by atoms with Crippen molar-refractivity contribution in [3.63, 3.8) is 0 Å². The van der Waals surface area contributed by atoms with Crippen LogP contribution in [0, 0.1) is 13.8 Å². The Hall–Kier alpha value is -1.13. The van der Waals surface area contributed by atoms with Gasteiger partial charge in [-0.3, -0.25) is 0 Å². The van der Waals surface area contributed by atoms with Crippen LogP contribution in [0.5, 0.6) is 0 Å². The van der Waals surface area contributed by atoms with Crippen LogP contribution in [0.4, 0.5) is 5.82 Å². The van der Waals surface area contributed by atoms with E-state index in [1.165, 1.54) is 0 Å². The smallest absolute Gasteiger partial charge is 0.163 e. The van der Waals surface area contributed by atoms with E-state index >= 15 is 0 Å². The molecule has 0 aliphatic carbocycles. The zero-order valence-electron chi connectivity index (χ0n) is 11.1. The van der Waals surface area contributed by atoms with Gasteiger partial charge in [0.15, 0.2) is 5.82 Å². The highest BCUT2D eigenvalue weighted by Crippen LogP contribution is 2.30. The molecule has 5 heteroatoms. The van der Waals surface area contributed by atoms with Gasteiger partial charge in [-0.25, -0.2) is 9.97 Å². The monoisotopic (exact) mass is 339 g/mol. The molecule has 0 bridgehead atoms. The van der Waals surface area contributed by atoms with Crippen molar-refractivity contribution in [3.05, 3.63) is 39.0 Å². The minimum absolute atomic E-state index is 0.644. The zero-order chi connectivity index (χ0) is 14.0. The second kappa shape index (κ2) is 5.88. The predicted octanol–water partition coefficient (Wildman–Crippen LogP) is 4.61. The molecule has 2 aromatic rings. The average molecular weight is 341 g/mol. The van der Waals surface area contributed by atoms with Gasteiger partial charge in [0.05, 0.1) is 5.02 Å². The van der Waals surface area contributed by atoms with E-state index in [1.54, 1.807) is 0 Å². The molecule has 1 aromatic heterocycles. The van der Waals surface area contributed by atoms with Crippen molar-refractivity contribution in [1.29, 1.82) is 0 Å². The molecule has 0 aliphatic heterocycles. The van der Waals surface area contributed by atoms with Gasteiger partial charge in [0.1, 0.15) is 5.82 Å². The van der Waals surface area contributed by atoms with Gasteiger partial charge in [-0.1, -0.05) is 27.5 Å². The van der Waals surface area contributed by atoms with Crippen molar-refractivity contribution in [3.8, 4) is 11.4 Å². The first-order valence-corrected chi connectivity index (χ1v) is 7.24. The fourth-order valence-electron chi connectivity index (χ4n) is 1.76. The Labute approximate surface area is 126 Å². The van der Waals surface area contributed by atoms with Gasteiger partial charge >= 0.3 is 0 Å². The van der Waals surface area contributed by atoms with Crippen molar-refractivity contribution in [1.82, 2.24) is 9.97 Å². The van der Waals surface area contributed by atoms with Crippen molar-refractivity contribution in [2.75, 3.05) is 11.9 Å². The van der Waals surface area contributed by atoms with Crippen LogP contribution in [0.1, 0.15) is 18.2 Å². The van der Waals surface area contributed by atoms with Crippen LogP contribution < -0.4 is 5.32 Å². The lowest BCUT2D eigenvalue weighted by atomic mass is 10.2. The van der Waals surface area contributed by atoms with Crippen molar-refractivity contribution in [2.24, 2.45) is 0 Å². The topological polar surface area (TPSA) is 37.8 Å². The summed E-state index contributed by atoms with van der Waals surface area (Å²) in [4.78, 5) is 9.10. The van der Waals surface area contributed by atoms with E-state index in [0.29, 0.717) is 10.8 Å². The van der Waals surface area contributed by atoms with Gasteiger partial charge in [0, 0.05) is 27.8 Å². The molecular weight excluding hydrogens is 326 g/mol. The van der Waals surface area contributed by atoms with Gasteiger partial charge in [0.2, 0.25) is 0 Å². The highest BCUT2D eigenvalue weighted by Gasteiger charge is 2.12. The zero-order valence-corrected chi connectivity index (χ0v) is 13.4. The maximum absolute atomic E-state index is 6.23. The van der Waals surface area contributed by atoms with Crippen LogP contribution in [-0.4, -0.2) is 16.5 Å². The molecule has 0 radical (unpaired) electrons. The Kier molecular flexibility index (Phi) is 4.42. The number of aryl methyl sites for hydroxylation is 1. The number of hydrogen-bond acceptors (Lipinski definition) is 3. The first-order chi connectivity index (χ1) is 9.02. The minimum atomic E-state index is 0.644. The van der Waals surface area contributed by atoms with Crippen LogP contribution in [-0.2, 0) is 0 Å². The van der Waals surface area contributed by atoms with Crippen LogP contribution in [0.3, 0.4) is 0 Å². The summed E-state index contributed by atoms with van der Waals surface area (Å²) in [7, 11) is 0. The number of hydrogen-bond donors (Lipinski definition) is 1. The Balaban J connectivity index is 2.59. The van der Waals surface area contributed by atoms with Gasteiger partial charge in [-0.05, 0) is 39.0 Å². The average Bonchev–Trinajstić information content (AvgIpc) is 2.38. The molecule has 0 unspecified atom stereocenters. The Morgan fingerprint density at radius 2 is 2.00 bits per heavy atom. The van der Waals surface area contributed by atoms with E-state index in [2.05, 4.69) is 31.2 Å². The van der Waals surface area contributed by atoms with E-state index in [1.807, 2.05) is 39.0 Å². The van der Waals surface area contributed by atoms with Crippen LogP contribution >= 0.6 is 27.5 Å². The summed E-state index contributed by atoms with van der Waals surface area (Å²) < 4.78 is 0.957. The number of aromatic nitrogens is 2. The van der Waals surface area contributed by atoms with Crippen LogP contribution in [0.2, 0.25) is 5.02 Å². The van der Waals surface area contributed by atoms with E-state index in [0.717, 1.165) is 33.7 Å². The molecule has 0 aliphatic rings. The third-order valence-electron chi connectivity index (χ3n) is 2.90. The summed E-state index contributed by atoms with van der Waals surface area (Å²) in [6, 6.07) is 5.67. The maximum Gasteiger partial charge on any atom is 0.163 e. The van der Waals surface area contributed by atoms with Gasteiger partial charge < -0.3 is 5.32 Å². The molecule has 0 saturated carbocycles. The fraction of sp³-hybridized carbons (Fsp3) is 0.286. The van der Waals surface area contributed by atoms with Crippen molar-refractivity contribution >= 4 is 33.3 Å². The second-order valence-electron chi connectivity index (χ2n) is 4.26. The van der Waals surface area contributed by atoms with E-state index in [4.69, 9.17) is 11.6 Å². The highest BCUT2D eigenvalue weighted by atomic mass is 79.9. The number of nitrogens with zero attached hydrogens (tertiary/aromatic N) is 2. The molecule has 0 saturated heterocycles. The molecule has 3 nitrogen and oxygen atoms in total. The van der Waals surface area contributed by atoms with E-state index in [-0.39, 0.29) is 0 Å². The number of benzene rings is 1. The van der Waals surface area contributed by atoms with Crippen LogP contribution in [0.25, 0.3) is 11.4 Å².